The van der Waals surface area contributed by atoms with E-state index in [-0.39, 0.29) is 18.4 Å². The summed E-state index contributed by atoms with van der Waals surface area (Å²) in [5.41, 5.74) is 0.810. The molecule has 0 unspecified atom stereocenters. The highest BCUT2D eigenvalue weighted by Crippen LogP contribution is 2.60. The Morgan fingerprint density at radius 1 is 1.15 bits per heavy atom. The van der Waals surface area contributed by atoms with E-state index < -0.39 is 0 Å². The molecular formula is C21H27ClN2O2. The molecule has 4 fully saturated rings. The fraction of sp³-hybridized carbons (Fsp3) is 0.619. The maximum atomic E-state index is 12.6. The molecule has 0 heterocycles. The van der Waals surface area contributed by atoms with E-state index in [1.807, 2.05) is 11.9 Å². The van der Waals surface area contributed by atoms with Gasteiger partial charge in [0.05, 0.1) is 6.54 Å². The molecule has 0 aliphatic heterocycles. The summed E-state index contributed by atoms with van der Waals surface area (Å²) >= 11 is 5.92. The van der Waals surface area contributed by atoms with Gasteiger partial charge in [-0.05, 0) is 79.9 Å². The lowest BCUT2D eigenvalue weighted by molar-refractivity contribution is -0.134. The highest BCUT2D eigenvalue weighted by Gasteiger charge is 2.51. The summed E-state index contributed by atoms with van der Waals surface area (Å²) in [6.07, 6.45) is 8.08. The standard InChI is InChI=1S/C21H27ClN2O2/c1-24(13-21-9-14-5-15(10-21)7-16(6-14)11-21)19(25)12-23-20(26)17-3-2-4-18(22)8-17/h2-4,8,14-16H,5-7,9-13H2,1H3,(H,23,26). The molecule has 5 heteroatoms. The number of benzene rings is 1. The van der Waals surface area contributed by atoms with E-state index in [9.17, 15) is 9.59 Å². The fourth-order valence-electron chi connectivity index (χ4n) is 6.10. The lowest BCUT2D eigenvalue weighted by Gasteiger charge is -2.57. The van der Waals surface area contributed by atoms with Crippen molar-refractivity contribution < 1.29 is 9.59 Å². The van der Waals surface area contributed by atoms with Crippen molar-refractivity contribution in [1.29, 1.82) is 0 Å². The molecule has 4 aliphatic rings. The molecule has 26 heavy (non-hydrogen) atoms. The highest BCUT2D eigenvalue weighted by atomic mass is 35.5. The molecule has 5 rings (SSSR count). The summed E-state index contributed by atoms with van der Waals surface area (Å²) in [4.78, 5) is 26.6. The first-order chi connectivity index (χ1) is 12.4. The van der Waals surface area contributed by atoms with E-state index in [0.717, 1.165) is 24.3 Å². The van der Waals surface area contributed by atoms with Gasteiger partial charge in [0.15, 0.2) is 0 Å². The third-order valence-electron chi connectivity index (χ3n) is 6.65. The molecule has 140 valence electrons. The number of rotatable bonds is 5. The molecule has 1 N–H and O–H groups in total. The van der Waals surface area contributed by atoms with Gasteiger partial charge >= 0.3 is 0 Å². The van der Waals surface area contributed by atoms with Gasteiger partial charge in [0.25, 0.3) is 5.91 Å². The van der Waals surface area contributed by atoms with Crippen LogP contribution in [0.1, 0.15) is 48.9 Å². The van der Waals surface area contributed by atoms with Crippen LogP contribution < -0.4 is 5.32 Å². The maximum absolute atomic E-state index is 12.6. The van der Waals surface area contributed by atoms with Crippen LogP contribution >= 0.6 is 11.6 Å². The third kappa shape index (κ3) is 3.62. The van der Waals surface area contributed by atoms with Crippen LogP contribution in [0.5, 0.6) is 0 Å². The zero-order valence-electron chi connectivity index (χ0n) is 15.3. The van der Waals surface area contributed by atoms with Crippen LogP contribution in [0, 0.1) is 23.2 Å². The molecule has 0 aromatic heterocycles. The van der Waals surface area contributed by atoms with Crippen LogP contribution in [0.3, 0.4) is 0 Å². The topological polar surface area (TPSA) is 49.4 Å². The van der Waals surface area contributed by atoms with Crippen molar-refractivity contribution in [3.63, 3.8) is 0 Å². The number of carbonyl (C=O) groups excluding carboxylic acids is 2. The van der Waals surface area contributed by atoms with Crippen molar-refractivity contribution in [1.82, 2.24) is 10.2 Å². The van der Waals surface area contributed by atoms with Crippen LogP contribution in [0.4, 0.5) is 0 Å². The first-order valence-corrected chi connectivity index (χ1v) is 10.1. The van der Waals surface area contributed by atoms with Crippen molar-refractivity contribution in [2.24, 2.45) is 23.2 Å². The normalized spacial score (nSPS) is 31.7. The summed E-state index contributed by atoms with van der Waals surface area (Å²) in [6, 6.07) is 6.77. The summed E-state index contributed by atoms with van der Waals surface area (Å²) in [5.74, 6) is 2.37. The molecule has 4 aliphatic carbocycles. The van der Waals surface area contributed by atoms with Crippen molar-refractivity contribution in [2.75, 3.05) is 20.1 Å². The van der Waals surface area contributed by atoms with E-state index in [1.165, 1.54) is 38.5 Å². The molecule has 1 aromatic rings. The molecule has 0 saturated heterocycles. The van der Waals surface area contributed by atoms with Crippen molar-refractivity contribution >= 4 is 23.4 Å². The second-order valence-electron chi connectivity index (χ2n) is 8.86. The van der Waals surface area contributed by atoms with Gasteiger partial charge in [-0.15, -0.1) is 0 Å². The van der Waals surface area contributed by atoms with Crippen LogP contribution in [0.25, 0.3) is 0 Å². The second-order valence-corrected chi connectivity index (χ2v) is 9.30. The first kappa shape index (κ1) is 17.8. The predicted octanol–water partition coefficient (Wildman–Crippen LogP) is 3.74. The molecule has 0 radical (unpaired) electrons. The minimum absolute atomic E-state index is 0.0175. The summed E-state index contributed by atoms with van der Waals surface area (Å²) in [7, 11) is 1.88. The van der Waals surface area contributed by atoms with Crippen molar-refractivity contribution in [3.8, 4) is 0 Å². The Bertz CT molecular complexity index is 682. The average Bonchev–Trinajstić information content (AvgIpc) is 2.57. The maximum Gasteiger partial charge on any atom is 0.251 e. The fourth-order valence-corrected chi connectivity index (χ4v) is 6.29. The van der Waals surface area contributed by atoms with E-state index in [4.69, 9.17) is 11.6 Å². The molecule has 4 saturated carbocycles. The Balaban J connectivity index is 1.32. The Kier molecular flexibility index (Phi) is 4.72. The van der Waals surface area contributed by atoms with E-state index in [0.29, 0.717) is 16.0 Å². The third-order valence-corrected chi connectivity index (χ3v) is 6.89. The van der Waals surface area contributed by atoms with E-state index in [2.05, 4.69) is 5.32 Å². The average molecular weight is 375 g/mol. The van der Waals surface area contributed by atoms with Gasteiger partial charge in [0.2, 0.25) is 5.91 Å². The van der Waals surface area contributed by atoms with E-state index >= 15 is 0 Å². The molecule has 1 aromatic carbocycles. The monoisotopic (exact) mass is 374 g/mol. The molecule has 4 bridgehead atoms. The minimum Gasteiger partial charge on any atom is -0.344 e. The van der Waals surface area contributed by atoms with Gasteiger partial charge in [-0.2, -0.15) is 0 Å². The first-order valence-electron chi connectivity index (χ1n) is 9.70. The van der Waals surface area contributed by atoms with E-state index in [1.54, 1.807) is 24.3 Å². The number of hydrogen-bond acceptors (Lipinski definition) is 2. The van der Waals surface area contributed by atoms with Crippen LogP contribution in [-0.2, 0) is 4.79 Å². The van der Waals surface area contributed by atoms with Gasteiger partial charge in [0.1, 0.15) is 0 Å². The second kappa shape index (κ2) is 6.88. The van der Waals surface area contributed by atoms with Gasteiger partial charge in [-0.3, -0.25) is 9.59 Å². The number of amides is 2. The smallest absolute Gasteiger partial charge is 0.251 e. The zero-order chi connectivity index (χ0) is 18.3. The number of halogens is 1. The van der Waals surface area contributed by atoms with Crippen LogP contribution in [0.15, 0.2) is 24.3 Å². The Labute approximate surface area is 160 Å². The minimum atomic E-state index is -0.260. The number of carbonyl (C=O) groups is 2. The largest absolute Gasteiger partial charge is 0.344 e. The van der Waals surface area contributed by atoms with Crippen molar-refractivity contribution in [2.45, 2.75) is 38.5 Å². The number of hydrogen-bond donors (Lipinski definition) is 1. The van der Waals surface area contributed by atoms with Crippen LogP contribution in [0.2, 0.25) is 5.02 Å². The molecule has 0 spiro atoms. The lowest BCUT2D eigenvalue weighted by Crippen LogP contribution is -2.52. The molecule has 2 amide bonds. The summed E-state index contributed by atoms with van der Waals surface area (Å²) < 4.78 is 0. The zero-order valence-corrected chi connectivity index (χ0v) is 16.1. The molecular weight excluding hydrogens is 348 g/mol. The molecule has 4 nitrogen and oxygen atoms in total. The van der Waals surface area contributed by atoms with Crippen molar-refractivity contribution in [3.05, 3.63) is 34.9 Å². The van der Waals surface area contributed by atoms with Crippen LogP contribution in [-0.4, -0.2) is 36.9 Å². The quantitative estimate of drug-likeness (QED) is 0.853. The van der Waals surface area contributed by atoms with Gasteiger partial charge in [-0.1, -0.05) is 17.7 Å². The lowest BCUT2D eigenvalue weighted by atomic mass is 9.49. The van der Waals surface area contributed by atoms with Gasteiger partial charge in [0, 0.05) is 24.2 Å². The molecule has 0 atom stereocenters. The van der Waals surface area contributed by atoms with Gasteiger partial charge < -0.3 is 10.2 Å². The Morgan fingerprint density at radius 3 is 2.35 bits per heavy atom. The number of likely N-dealkylation sites (N-methyl/N-ethyl adjacent to an activating group) is 1. The van der Waals surface area contributed by atoms with Gasteiger partial charge in [-0.25, -0.2) is 0 Å². The summed E-state index contributed by atoms with van der Waals surface area (Å²) in [5, 5.41) is 3.24. The number of nitrogens with one attached hydrogen (secondary N) is 1. The number of nitrogens with zero attached hydrogens (tertiary/aromatic N) is 1. The Morgan fingerprint density at radius 2 is 1.77 bits per heavy atom. The SMILES string of the molecule is CN(CC12CC3CC(CC(C3)C1)C2)C(=O)CNC(=O)c1cccc(Cl)c1. The highest BCUT2D eigenvalue weighted by molar-refractivity contribution is 6.30. The predicted molar refractivity (Wildman–Crippen MR) is 102 cm³/mol. The Hall–Kier alpha value is -1.55. The summed E-state index contributed by atoms with van der Waals surface area (Å²) in [6.45, 7) is 0.872.